The van der Waals surface area contributed by atoms with Crippen LogP contribution in [0.4, 0.5) is 5.69 Å². The first-order valence-electron chi connectivity index (χ1n) is 40.2. The highest BCUT2D eigenvalue weighted by atomic mass is 79.9. The fourth-order valence-electron chi connectivity index (χ4n) is 11.7. The van der Waals surface area contributed by atoms with Crippen LogP contribution in [0, 0.1) is 27.7 Å². The van der Waals surface area contributed by atoms with E-state index < -0.39 is 101 Å². The monoisotopic (exact) mass is 2050 g/mol. The molecule has 0 spiro atoms. The molecule has 0 amide bonds. The molecule has 12 rings (SSSR count). The average molecular weight is 2050 g/mol. The average Bonchev–Trinajstić information content (AvgIpc) is 0.795. The molecule has 0 aliphatic carbocycles. The van der Waals surface area contributed by atoms with E-state index in [4.69, 9.17) is 113 Å². The summed E-state index contributed by atoms with van der Waals surface area (Å²) in [5, 5.41) is 151. The Bertz CT molecular complexity index is 6340. The van der Waals surface area contributed by atoms with Crippen molar-refractivity contribution in [1.29, 1.82) is 0 Å². The molecule has 0 saturated carbocycles. The van der Waals surface area contributed by atoms with E-state index in [-0.39, 0.29) is 165 Å². The number of Topliss-reactive ketones (excluding diaryl/α,β-unsaturated/α-hetero) is 1. The zero-order valence-corrected chi connectivity index (χ0v) is 77.5. The number of aromatic carboxylic acids is 17. The molecule has 40 nitrogen and oxygen atoms in total. The van der Waals surface area contributed by atoms with Crippen LogP contribution in [-0.2, 0) is 13.2 Å². The summed E-state index contributed by atoms with van der Waals surface area (Å²) in [6.45, 7) is 14.9. The summed E-state index contributed by atoms with van der Waals surface area (Å²) >= 11 is 8.57. The van der Waals surface area contributed by atoms with E-state index in [0.29, 0.717) is 38.6 Å². The maximum atomic E-state index is 11.7. The molecule has 0 aliphatic heterocycles. The summed E-state index contributed by atoms with van der Waals surface area (Å²) in [5.41, 5.74) is 9.36. The van der Waals surface area contributed by atoms with Crippen LogP contribution in [0.2, 0.25) is 5.02 Å². The Morgan fingerprint density at radius 3 is 0.825 bits per heavy atom. The number of halogens is 2. The molecule has 0 unspecified atom stereocenters. The second kappa shape index (κ2) is 55.7. The number of anilines is 1. The number of nitrogens with two attached hydrogens (primary N) is 1. The van der Waals surface area contributed by atoms with Gasteiger partial charge in [0.05, 0.1) is 77.3 Å². The van der Waals surface area contributed by atoms with Crippen molar-refractivity contribution in [3.05, 3.63) is 393 Å². The number of carboxylic acids is 17. The van der Waals surface area contributed by atoms with E-state index in [0.717, 1.165) is 35.4 Å². The highest BCUT2D eigenvalue weighted by Gasteiger charge is 2.26. The van der Waals surface area contributed by atoms with Crippen molar-refractivity contribution < 1.29 is 192 Å². The molecule has 0 fully saturated rings. The number of carboxylic acid groups (broad SMARTS) is 17. The van der Waals surface area contributed by atoms with Crippen molar-refractivity contribution in [3.8, 4) is 23.0 Å². The molecular formula is C101H85BrClNO39. The van der Waals surface area contributed by atoms with E-state index in [1.54, 1.807) is 45.0 Å². The summed E-state index contributed by atoms with van der Waals surface area (Å²) in [7, 11) is 0. The SMILES string of the molecule is C=CCOc1cc(C(=O)O)c(OCC=C)cc1C(=O)O.CC(=O)c1ccc(C(=O)O)cc1.Cc1cc(C(=O)O)c(C)cc1C(=O)O.Cc1cc(C(=O)O)c(Cl)cc1C(=O)O.Cc1cc(C(=O)O)ccc1C(=O)O.Nc1cc(C(=O)O)ccc1C(=O)O.O=C(O)c1cc(OCc2ccccc2)c(C(=O)O)cc1OCc1ccccc1.O=C(O)c1ccc(C(=O)O)c(Br)c1.O=C(O)c1ccc(C(=O)O)c2ccccc12. The number of aryl methyl sites for hydroxylation is 4. The van der Waals surface area contributed by atoms with Gasteiger partial charge in [0.15, 0.2) is 5.78 Å². The third-order valence-corrected chi connectivity index (χ3v) is 19.7. The van der Waals surface area contributed by atoms with Crippen molar-refractivity contribution in [2.24, 2.45) is 0 Å². The minimum absolute atomic E-state index is 0.0139. The molecule has 0 saturated heterocycles. The van der Waals surface area contributed by atoms with Crippen LogP contribution in [0.5, 0.6) is 23.0 Å². The van der Waals surface area contributed by atoms with Crippen molar-refractivity contribution in [2.75, 3.05) is 18.9 Å². The molecule has 0 heterocycles. The smallest absolute Gasteiger partial charge is 0.339 e. The molecule has 12 aromatic rings. The Balaban J connectivity index is 0.000000340. The molecule has 42 heteroatoms. The van der Waals surface area contributed by atoms with Crippen molar-refractivity contribution >= 4 is 151 Å². The predicted octanol–water partition coefficient (Wildman–Crippen LogP) is 17.9. The number of carbonyl (C=O) groups is 18. The topological polar surface area (TPSA) is 714 Å². The molecule has 19 N–H and O–H groups in total. The maximum Gasteiger partial charge on any atom is 0.339 e. The summed E-state index contributed by atoms with van der Waals surface area (Å²) in [6.07, 6.45) is 2.85. The van der Waals surface area contributed by atoms with Crippen LogP contribution < -0.4 is 24.7 Å². The van der Waals surface area contributed by atoms with Crippen LogP contribution in [-0.4, -0.2) is 207 Å². The van der Waals surface area contributed by atoms with Gasteiger partial charge in [-0.05, 0) is 222 Å². The number of hydrogen-bond donors (Lipinski definition) is 18. The van der Waals surface area contributed by atoms with Gasteiger partial charge in [0.1, 0.15) is 71.7 Å². The van der Waals surface area contributed by atoms with Crippen molar-refractivity contribution in [1.82, 2.24) is 0 Å². The normalized spacial score (nSPS) is 9.84. The second-order valence-corrected chi connectivity index (χ2v) is 29.9. The molecule has 0 radical (unpaired) electrons. The Labute approximate surface area is 821 Å². The van der Waals surface area contributed by atoms with Gasteiger partial charge in [-0.25, -0.2) is 81.5 Å². The molecule has 0 atom stereocenters. The lowest BCUT2D eigenvalue weighted by Gasteiger charge is -2.14. The number of ketones is 1. The minimum atomic E-state index is -1.25. The lowest BCUT2D eigenvalue weighted by Crippen LogP contribution is -2.09. The summed E-state index contributed by atoms with van der Waals surface area (Å²) in [4.78, 5) is 194. The zero-order chi connectivity index (χ0) is 108. The molecule has 0 aliphatic rings. The van der Waals surface area contributed by atoms with Crippen LogP contribution in [0.3, 0.4) is 0 Å². The molecule has 0 bridgehead atoms. The third kappa shape index (κ3) is 35.8. The van der Waals surface area contributed by atoms with Gasteiger partial charge in [0, 0.05) is 15.7 Å². The summed E-state index contributed by atoms with van der Waals surface area (Å²) in [5.74, 6) is -19.3. The van der Waals surface area contributed by atoms with E-state index >= 15 is 0 Å². The first kappa shape index (κ1) is 116. The van der Waals surface area contributed by atoms with E-state index in [9.17, 15) is 96.5 Å². The number of nitrogen functional groups attached to an aromatic ring is 1. The Morgan fingerprint density at radius 2 is 0.531 bits per heavy atom. The van der Waals surface area contributed by atoms with Crippen LogP contribution in [0.15, 0.2) is 254 Å². The number of fused-ring (bicyclic) bond motifs is 1. The number of benzene rings is 12. The van der Waals surface area contributed by atoms with Gasteiger partial charge in [-0.3, -0.25) is 4.79 Å². The van der Waals surface area contributed by atoms with Gasteiger partial charge in [0.2, 0.25) is 0 Å². The number of hydrogen-bond acceptors (Lipinski definition) is 23. The van der Waals surface area contributed by atoms with Gasteiger partial charge >= 0.3 is 101 Å². The van der Waals surface area contributed by atoms with Crippen molar-refractivity contribution in [3.63, 3.8) is 0 Å². The fourth-order valence-corrected chi connectivity index (χ4v) is 12.4. The van der Waals surface area contributed by atoms with E-state index in [1.165, 1.54) is 141 Å². The second-order valence-electron chi connectivity index (χ2n) is 28.6. The zero-order valence-electron chi connectivity index (χ0n) is 75.2. The van der Waals surface area contributed by atoms with Crippen LogP contribution in [0.25, 0.3) is 10.8 Å². The highest BCUT2D eigenvalue weighted by Crippen LogP contribution is 2.34. The molecule has 12 aromatic carbocycles. The van der Waals surface area contributed by atoms with Gasteiger partial charge in [-0.1, -0.05) is 134 Å². The maximum absolute atomic E-state index is 11.7. The van der Waals surface area contributed by atoms with Gasteiger partial charge < -0.3 is 111 Å². The number of carbonyl (C=O) groups excluding carboxylic acids is 1. The van der Waals surface area contributed by atoms with Gasteiger partial charge in [-0.2, -0.15) is 0 Å². The molecule has 143 heavy (non-hydrogen) atoms. The van der Waals surface area contributed by atoms with Crippen molar-refractivity contribution in [2.45, 2.75) is 47.8 Å². The van der Waals surface area contributed by atoms with Gasteiger partial charge in [0.25, 0.3) is 0 Å². The summed E-state index contributed by atoms with van der Waals surface area (Å²) in [6, 6.07) is 54.3. The lowest BCUT2D eigenvalue weighted by atomic mass is 10.00. The minimum Gasteiger partial charge on any atom is -0.489 e. The standard InChI is InChI=1S/C22H18O6.C14H14O6.C12H8O4.C10H10O4.C9H7ClO4.C9H8O4.C9H8O3.C8H5BrO4.C8H7NO4/c23-21(24)17-12-20(28-14-16-9-5-2-6-10-16)18(22(25)26)11-19(17)27-13-15-7-3-1-4-8-15;1-3-5-19-11-7-10(14(17)18)12(20-6-4-2)8-9(11)13(15)16;13-11(14)9-5-6-10(12(15)16)8-4-2-1-3-7(8)9;1-5-3-8(10(13)14)6(2)4-7(5)9(11)12;1-4-2-6(9(13)14)7(10)3-5(4)8(11)12;1-5-4-6(8(10)11)2-3-7(5)9(12)13;1-6(10)7-2-4-8(5-3-7)9(11)12;2*9-6-3-4(7(10)11)1-2-5(6)8(12)13/h1-12H,13-14H2,(H,23,24)(H,25,26);3-4,7-8H,1-2,5-6H2,(H,15,16)(H,17,18);1-6H,(H,13,14)(H,15,16);3-4H,1-2H3,(H,11,12)(H,13,14);2-3H,1H3,(H,11,12)(H,13,14);2-4H,1H3,(H,10,11)(H,12,13);2-5H,1H3,(H,11,12);1-3H,(H,10,11)(H,12,13);1-3H,9H2,(H,10,11)(H,12,13). The Hall–Kier alpha value is -19.2. The Morgan fingerprint density at radius 1 is 0.273 bits per heavy atom. The lowest BCUT2D eigenvalue weighted by molar-refractivity contribution is 0.0672. The van der Waals surface area contributed by atoms with E-state index in [2.05, 4.69) is 29.1 Å². The Kier molecular flexibility index (Phi) is 45.3. The highest BCUT2D eigenvalue weighted by molar-refractivity contribution is 9.10. The summed E-state index contributed by atoms with van der Waals surface area (Å²) < 4.78 is 21.8. The van der Waals surface area contributed by atoms with Gasteiger partial charge in [-0.15, -0.1) is 0 Å². The fraction of sp³-hybridized carbons (Fsp3) is 0.0891. The quantitative estimate of drug-likeness (QED) is 0.0113. The largest absolute Gasteiger partial charge is 0.489 e. The third-order valence-electron chi connectivity index (χ3n) is 18.7. The number of ether oxygens (including phenoxy) is 4. The number of rotatable bonds is 30. The predicted molar refractivity (Wildman–Crippen MR) is 513 cm³/mol. The van der Waals surface area contributed by atoms with Crippen LogP contribution in [0.1, 0.15) is 227 Å². The molecular weight excluding hydrogens is 1970 g/mol. The molecule has 742 valence electrons. The van der Waals surface area contributed by atoms with E-state index in [1.807, 2.05) is 60.7 Å². The van der Waals surface area contributed by atoms with Crippen LogP contribution >= 0.6 is 27.5 Å². The molecule has 0 aromatic heterocycles. The first-order valence-corrected chi connectivity index (χ1v) is 41.3. The first-order chi connectivity index (χ1) is 67.2.